The van der Waals surface area contributed by atoms with Crippen molar-refractivity contribution < 1.29 is 5.11 Å². The first-order valence-corrected chi connectivity index (χ1v) is 11.0. The molecule has 0 unspecified atom stereocenters. The van der Waals surface area contributed by atoms with Gasteiger partial charge in [0.15, 0.2) is 5.65 Å². The van der Waals surface area contributed by atoms with E-state index < -0.39 is 5.60 Å². The maximum absolute atomic E-state index is 10.3. The standard InChI is InChI=1S/C26H28N4O/c1-26(2,31)23-5-3-4-21(14-23)24-16-29-30-17-22(15-28-25(24)30)19-8-6-18(7-9-19)20-10-12-27-13-11-20/h3-9,14-17,20,27,31H,10-13H2,1-2H3. The Hall–Kier alpha value is -3.02. The van der Waals surface area contributed by atoms with Crippen molar-refractivity contribution in [1.29, 1.82) is 0 Å². The summed E-state index contributed by atoms with van der Waals surface area (Å²) in [5.41, 5.74) is 6.36. The van der Waals surface area contributed by atoms with Crippen molar-refractivity contribution in [3.63, 3.8) is 0 Å². The van der Waals surface area contributed by atoms with E-state index >= 15 is 0 Å². The molecule has 5 rings (SSSR count). The Morgan fingerprint density at radius 1 is 0.968 bits per heavy atom. The molecule has 0 saturated carbocycles. The molecule has 0 spiro atoms. The highest BCUT2D eigenvalue weighted by molar-refractivity contribution is 5.78. The monoisotopic (exact) mass is 412 g/mol. The number of nitrogens with one attached hydrogen (secondary N) is 1. The number of nitrogens with zero attached hydrogens (tertiary/aromatic N) is 3. The third-order valence-electron chi connectivity index (χ3n) is 6.29. The lowest BCUT2D eigenvalue weighted by Gasteiger charge is -2.23. The van der Waals surface area contributed by atoms with Gasteiger partial charge in [-0.2, -0.15) is 5.10 Å². The second-order valence-electron chi connectivity index (χ2n) is 8.96. The fourth-order valence-electron chi connectivity index (χ4n) is 4.40. The van der Waals surface area contributed by atoms with Gasteiger partial charge in [-0.05, 0) is 74.0 Å². The van der Waals surface area contributed by atoms with Crippen LogP contribution in [0.2, 0.25) is 0 Å². The van der Waals surface area contributed by atoms with Crippen molar-refractivity contribution in [2.45, 2.75) is 38.2 Å². The first-order chi connectivity index (χ1) is 15.0. The lowest BCUT2D eigenvalue weighted by atomic mass is 9.89. The van der Waals surface area contributed by atoms with Crippen molar-refractivity contribution >= 4 is 5.65 Å². The molecule has 1 aliphatic heterocycles. The zero-order chi connectivity index (χ0) is 21.4. The van der Waals surface area contributed by atoms with E-state index in [4.69, 9.17) is 4.98 Å². The molecule has 0 atom stereocenters. The number of fused-ring (bicyclic) bond motifs is 1. The summed E-state index contributed by atoms with van der Waals surface area (Å²) in [6, 6.07) is 16.8. The van der Waals surface area contributed by atoms with E-state index in [9.17, 15) is 5.11 Å². The van der Waals surface area contributed by atoms with Crippen molar-refractivity contribution in [2.24, 2.45) is 0 Å². The predicted octanol–water partition coefficient (Wildman–Crippen LogP) is 4.76. The molecule has 158 valence electrons. The number of piperidine rings is 1. The van der Waals surface area contributed by atoms with E-state index in [-0.39, 0.29) is 0 Å². The molecule has 4 aromatic rings. The van der Waals surface area contributed by atoms with Crippen molar-refractivity contribution in [3.8, 4) is 22.3 Å². The predicted molar refractivity (Wildman–Crippen MR) is 124 cm³/mol. The van der Waals surface area contributed by atoms with Crippen LogP contribution >= 0.6 is 0 Å². The second kappa shape index (κ2) is 7.91. The van der Waals surface area contributed by atoms with Gasteiger partial charge in [-0.25, -0.2) is 9.50 Å². The molecule has 2 N–H and O–H groups in total. The lowest BCUT2D eigenvalue weighted by Crippen LogP contribution is -2.26. The zero-order valence-electron chi connectivity index (χ0n) is 18.0. The zero-order valence-corrected chi connectivity index (χ0v) is 18.0. The molecule has 3 heterocycles. The summed E-state index contributed by atoms with van der Waals surface area (Å²) < 4.78 is 1.84. The SMILES string of the molecule is CC(C)(O)c1cccc(-c2cnn3cc(-c4ccc(C5CCNCC5)cc4)cnc23)c1. The largest absolute Gasteiger partial charge is 0.386 e. The molecule has 1 saturated heterocycles. The van der Waals surface area contributed by atoms with Crippen LogP contribution in [-0.2, 0) is 5.60 Å². The minimum atomic E-state index is -0.889. The van der Waals surface area contributed by atoms with E-state index in [1.165, 1.54) is 18.4 Å². The summed E-state index contributed by atoms with van der Waals surface area (Å²) in [4.78, 5) is 4.73. The molecule has 5 nitrogen and oxygen atoms in total. The van der Waals surface area contributed by atoms with E-state index in [0.717, 1.165) is 46.6 Å². The topological polar surface area (TPSA) is 62.5 Å². The van der Waals surface area contributed by atoms with Gasteiger partial charge in [-0.3, -0.25) is 0 Å². The maximum Gasteiger partial charge on any atom is 0.162 e. The molecule has 1 aliphatic rings. The van der Waals surface area contributed by atoms with Gasteiger partial charge in [0.05, 0.1) is 11.8 Å². The van der Waals surface area contributed by atoms with Gasteiger partial charge >= 0.3 is 0 Å². The Balaban J connectivity index is 1.44. The fourth-order valence-corrected chi connectivity index (χ4v) is 4.40. The summed E-state index contributed by atoms with van der Waals surface area (Å²) in [5.74, 6) is 0.657. The molecule has 0 bridgehead atoms. The van der Waals surface area contributed by atoms with Crippen molar-refractivity contribution in [1.82, 2.24) is 19.9 Å². The third kappa shape index (κ3) is 3.99. The number of hydrogen-bond acceptors (Lipinski definition) is 4. The molecule has 31 heavy (non-hydrogen) atoms. The summed E-state index contributed by atoms with van der Waals surface area (Å²) in [6.07, 6.45) is 8.20. The average molecular weight is 413 g/mol. The summed E-state index contributed by atoms with van der Waals surface area (Å²) in [6.45, 7) is 5.80. The third-order valence-corrected chi connectivity index (χ3v) is 6.29. The molecular weight excluding hydrogens is 384 g/mol. The van der Waals surface area contributed by atoms with Crippen molar-refractivity contribution in [3.05, 3.63) is 78.2 Å². The van der Waals surface area contributed by atoms with Crippen LogP contribution in [0.25, 0.3) is 27.9 Å². The van der Waals surface area contributed by atoms with Crippen LogP contribution in [0.1, 0.15) is 43.7 Å². The molecule has 0 radical (unpaired) electrons. The number of hydrogen-bond donors (Lipinski definition) is 2. The lowest BCUT2D eigenvalue weighted by molar-refractivity contribution is 0.0786. The molecular formula is C26H28N4O. The van der Waals surface area contributed by atoms with Gasteiger partial charge in [0.25, 0.3) is 0 Å². The summed E-state index contributed by atoms with van der Waals surface area (Å²) in [7, 11) is 0. The fraction of sp³-hybridized carbons (Fsp3) is 0.308. The number of aliphatic hydroxyl groups is 1. The molecule has 5 heteroatoms. The summed E-state index contributed by atoms with van der Waals surface area (Å²) >= 11 is 0. The number of rotatable bonds is 4. The van der Waals surface area contributed by atoms with E-state index in [1.807, 2.05) is 47.4 Å². The van der Waals surface area contributed by atoms with Crippen molar-refractivity contribution in [2.75, 3.05) is 13.1 Å². The Bertz CT molecular complexity index is 1200. The number of aromatic nitrogens is 3. The van der Waals surface area contributed by atoms with Gasteiger partial charge in [0.2, 0.25) is 0 Å². The van der Waals surface area contributed by atoms with Gasteiger partial charge in [-0.1, -0.05) is 42.5 Å². The molecule has 0 aliphatic carbocycles. The molecule has 1 fully saturated rings. The first kappa shape index (κ1) is 19.9. The Kier molecular flexibility index (Phi) is 5.08. The van der Waals surface area contributed by atoms with Gasteiger partial charge < -0.3 is 10.4 Å². The smallest absolute Gasteiger partial charge is 0.162 e. The van der Waals surface area contributed by atoms with Crippen LogP contribution in [0.3, 0.4) is 0 Å². The van der Waals surface area contributed by atoms with Crippen LogP contribution in [-0.4, -0.2) is 32.8 Å². The minimum Gasteiger partial charge on any atom is -0.386 e. The molecule has 2 aromatic heterocycles. The van der Waals surface area contributed by atoms with E-state index in [1.54, 1.807) is 13.8 Å². The Labute approximate surface area is 182 Å². The average Bonchev–Trinajstić information content (AvgIpc) is 3.23. The summed E-state index contributed by atoms with van der Waals surface area (Å²) in [5, 5.41) is 18.3. The highest BCUT2D eigenvalue weighted by Crippen LogP contribution is 2.30. The van der Waals surface area contributed by atoms with Crippen LogP contribution in [0.5, 0.6) is 0 Å². The molecule has 2 aromatic carbocycles. The molecule has 0 amide bonds. The van der Waals surface area contributed by atoms with Crippen LogP contribution in [0.15, 0.2) is 67.1 Å². The van der Waals surface area contributed by atoms with Gasteiger partial charge in [0.1, 0.15) is 0 Å². The minimum absolute atomic E-state index is 0.657. The normalized spacial score (nSPS) is 15.5. The van der Waals surface area contributed by atoms with Crippen LogP contribution in [0, 0.1) is 0 Å². The van der Waals surface area contributed by atoms with Crippen LogP contribution in [0.4, 0.5) is 0 Å². The van der Waals surface area contributed by atoms with E-state index in [2.05, 4.69) is 34.7 Å². The first-order valence-electron chi connectivity index (χ1n) is 11.0. The second-order valence-corrected chi connectivity index (χ2v) is 8.96. The highest BCUT2D eigenvalue weighted by Gasteiger charge is 2.18. The highest BCUT2D eigenvalue weighted by atomic mass is 16.3. The number of benzene rings is 2. The van der Waals surface area contributed by atoms with Gasteiger partial charge in [0, 0.05) is 23.5 Å². The van der Waals surface area contributed by atoms with E-state index in [0.29, 0.717) is 5.92 Å². The Morgan fingerprint density at radius 2 is 1.74 bits per heavy atom. The van der Waals surface area contributed by atoms with Crippen LogP contribution < -0.4 is 5.32 Å². The quantitative estimate of drug-likeness (QED) is 0.507. The Morgan fingerprint density at radius 3 is 2.48 bits per heavy atom. The van der Waals surface area contributed by atoms with Gasteiger partial charge in [-0.15, -0.1) is 0 Å². The maximum atomic E-state index is 10.3.